The zero-order valence-corrected chi connectivity index (χ0v) is 11.9. The van der Waals surface area contributed by atoms with Crippen LogP contribution in [0.1, 0.15) is 31.9 Å². The van der Waals surface area contributed by atoms with Crippen LogP contribution < -0.4 is 0 Å². The molecule has 1 fully saturated rings. The molecule has 0 saturated carbocycles. The summed E-state index contributed by atoms with van der Waals surface area (Å²) in [5.41, 5.74) is 1.18. The highest BCUT2D eigenvalue weighted by Crippen LogP contribution is 2.28. The minimum Gasteiger partial charge on any atom is -0.282 e. The molecule has 7 nitrogen and oxygen atoms in total. The van der Waals surface area contributed by atoms with Gasteiger partial charge in [0, 0.05) is 32.0 Å². The monoisotopic (exact) mass is 287 g/mol. The third-order valence-electron chi connectivity index (χ3n) is 3.24. The highest BCUT2D eigenvalue weighted by atomic mass is 16.2. The third kappa shape index (κ3) is 3.36. The van der Waals surface area contributed by atoms with Crippen LogP contribution in [0.15, 0.2) is 16.3 Å². The molecule has 2 heterocycles. The van der Waals surface area contributed by atoms with Crippen molar-refractivity contribution in [2.24, 2.45) is 9.98 Å². The van der Waals surface area contributed by atoms with Crippen molar-refractivity contribution in [2.45, 2.75) is 32.6 Å². The Kier molecular flexibility index (Phi) is 4.86. The fourth-order valence-electron chi connectivity index (χ4n) is 2.23. The predicted molar refractivity (Wildman–Crippen MR) is 79.3 cm³/mol. The second-order valence-corrected chi connectivity index (χ2v) is 4.58. The Bertz CT molecular complexity index is 581. The maximum absolute atomic E-state index is 11.8. The minimum absolute atomic E-state index is 0.122. The van der Waals surface area contributed by atoms with Crippen molar-refractivity contribution in [2.75, 3.05) is 6.54 Å². The molecule has 0 bridgehead atoms. The number of aliphatic imine (C=N–C) groups is 2. The molecule has 1 aliphatic heterocycles. The number of hydrogen-bond acceptors (Lipinski definition) is 6. The van der Waals surface area contributed by atoms with Gasteiger partial charge in [0.2, 0.25) is 11.8 Å². The molecule has 0 unspecified atom stereocenters. The average molecular weight is 287 g/mol. The molecule has 0 radical (unpaired) electrons. The summed E-state index contributed by atoms with van der Waals surface area (Å²) in [5.74, 6) is 0.153. The van der Waals surface area contributed by atoms with E-state index >= 15 is 0 Å². The summed E-state index contributed by atoms with van der Waals surface area (Å²) in [6.07, 6.45) is 4.92. The number of rotatable bonds is 5. The Morgan fingerprint density at radius 2 is 2.05 bits per heavy atom. The van der Waals surface area contributed by atoms with E-state index in [0.29, 0.717) is 49.4 Å². The fraction of sp³-hybridized carbons (Fsp3) is 0.429. The summed E-state index contributed by atoms with van der Waals surface area (Å²) in [6, 6.07) is 0. The molecule has 110 valence electrons. The van der Waals surface area contributed by atoms with Gasteiger partial charge >= 0.3 is 0 Å². The number of amides is 2. The molecule has 2 rings (SSSR count). The molecule has 1 aromatic heterocycles. The van der Waals surface area contributed by atoms with E-state index in [-0.39, 0.29) is 11.8 Å². The maximum atomic E-state index is 11.8. The normalized spacial score (nSPS) is 15.8. The second kappa shape index (κ2) is 6.83. The van der Waals surface area contributed by atoms with Gasteiger partial charge in [0.05, 0.1) is 5.69 Å². The van der Waals surface area contributed by atoms with E-state index in [0.717, 1.165) is 0 Å². The Hall–Kier alpha value is -2.44. The molecule has 0 aliphatic carbocycles. The summed E-state index contributed by atoms with van der Waals surface area (Å²) < 4.78 is 0. The molecule has 1 aromatic rings. The van der Waals surface area contributed by atoms with Crippen LogP contribution >= 0.6 is 0 Å². The fourth-order valence-corrected chi connectivity index (χ4v) is 2.23. The number of imide groups is 1. The molecule has 7 heteroatoms. The van der Waals surface area contributed by atoms with Crippen molar-refractivity contribution in [1.29, 1.82) is 0 Å². The molecule has 1 saturated heterocycles. The zero-order chi connectivity index (χ0) is 15.2. The van der Waals surface area contributed by atoms with Crippen molar-refractivity contribution < 1.29 is 9.59 Å². The van der Waals surface area contributed by atoms with Gasteiger partial charge in [-0.25, -0.2) is 15.0 Å². The number of aromatic nitrogens is 2. The van der Waals surface area contributed by atoms with Crippen LogP contribution in [-0.4, -0.2) is 46.2 Å². The van der Waals surface area contributed by atoms with Gasteiger partial charge in [0.25, 0.3) is 0 Å². The van der Waals surface area contributed by atoms with Crippen molar-refractivity contribution in [3.05, 3.63) is 12.0 Å². The van der Waals surface area contributed by atoms with Crippen molar-refractivity contribution >= 4 is 36.3 Å². The van der Waals surface area contributed by atoms with E-state index in [9.17, 15) is 9.59 Å². The van der Waals surface area contributed by atoms with Crippen LogP contribution in [-0.2, 0) is 16.0 Å². The minimum atomic E-state index is -0.122. The SMILES string of the molecule is C=Nc1ncnc(CCN2C(=O)CCCC2=O)c1/N=C\C. The zero-order valence-electron chi connectivity index (χ0n) is 11.9. The molecule has 21 heavy (non-hydrogen) atoms. The smallest absolute Gasteiger partial charge is 0.229 e. The first-order valence-corrected chi connectivity index (χ1v) is 6.79. The van der Waals surface area contributed by atoms with Crippen molar-refractivity contribution in [3.63, 3.8) is 0 Å². The van der Waals surface area contributed by atoms with E-state index in [1.54, 1.807) is 13.1 Å². The topological polar surface area (TPSA) is 87.9 Å². The molecule has 1 aliphatic rings. The van der Waals surface area contributed by atoms with Gasteiger partial charge in [-0.2, -0.15) is 0 Å². The van der Waals surface area contributed by atoms with Crippen molar-refractivity contribution in [1.82, 2.24) is 14.9 Å². The van der Waals surface area contributed by atoms with E-state index in [1.165, 1.54) is 11.2 Å². The van der Waals surface area contributed by atoms with Gasteiger partial charge in [-0.3, -0.25) is 19.5 Å². The van der Waals surface area contributed by atoms with E-state index in [4.69, 9.17) is 0 Å². The highest BCUT2D eigenvalue weighted by molar-refractivity contribution is 5.97. The number of piperidine rings is 1. The molecular weight excluding hydrogens is 270 g/mol. The lowest BCUT2D eigenvalue weighted by Crippen LogP contribution is -2.41. The summed E-state index contributed by atoms with van der Waals surface area (Å²) in [7, 11) is 0. The summed E-state index contributed by atoms with van der Waals surface area (Å²) in [6.45, 7) is 5.54. The quantitative estimate of drug-likeness (QED) is 0.608. The molecule has 0 aromatic carbocycles. The van der Waals surface area contributed by atoms with E-state index in [2.05, 4.69) is 26.7 Å². The number of likely N-dealkylation sites (tertiary alicyclic amines) is 1. The summed E-state index contributed by atoms with van der Waals surface area (Å²) in [4.78, 5) is 41.0. The molecule has 2 amide bonds. The molecule has 0 N–H and O–H groups in total. The lowest BCUT2D eigenvalue weighted by Gasteiger charge is -2.24. The number of nitrogens with zero attached hydrogens (tertiary/aromatic N) is 5. The Morgan fingerprint density at radius 1 is 1.33 bits per heavy atom. The first kappa shape index (κ1) is 15.0. The van der Waals surface area contributed by atoms with Gasteiger partial charge in [0.15, 0.2) is 5.82 Å². The summed E-state index contributed by atoms with van der Waals surface area (Å²) in [5, 5.41) is 0. The maximum Gasteiger partial charge on any atom is 0.229 e. The number of carbonyl (C=O) groups excluding carboxylic acids is 2. The van der Waals surface area contributed by atoms with Crippen LogP contribution in [0.3, 0.4) is 0 Å². The van der Waals surface area contributed by atoms with Gasteiger partial charge in [-0.1, -0.05) is 0 Å². The van der Waals surface area contributed by atoms with Crippen LogP contribution in [0, 0.1) is 0 Å². The van der Waals surface area contributed by atoms with Gasteiger partial charge in [-0.15, -0.1) is 0 Å². The van der Waals surface area contributed by atoms with Crippen LogP contribution in [0.5, 0.6) is 0 Å². The number of hydrogen-bond donors (Lipinski definition) is 0. The lowest BCUT2D eigenvalue weighted by molar-refractivity contribution is -0.147. The van der Waals surface area contributed by atoms with Gasteiger partial charge < -0.3 is 0 Å². The van der Waals surface area contributed by atoms with Crippen LogP contribution in [0.2, 0.25) is 0 Å². The molecular formula is C14H17N5O2. The summed E-state index contributed by atoms with van der Waals surface area (Å²) >= 11 is 0. The standard InChI is InChI=1S/C14H17N5O2/c1-3-16-13-10(17-9-18-14(13)15-2)7-8-19-11(20)5-4-6-12(19)21/h3,9H,2,4-8H2,1H3/b16-3-. The first-order valence-electron chi connectivity index (χ1n) is 6.79. The second-order valence-electron chi connectivity index (χ2n) is 4.58. The van der Waals surface area contributed by atoms with Crippen molar-refractivity contribution in [3.8, 4) is 0 Å². The lowest BCUT2D eigenvalue weighted by atomic mass is 10.1. The first-order chi connectivity index (χ1) is 10.2. The Labute approximate surface area is 122 Å². The largest absolute Gasteiger partial charge is 0.282 e. The highest BCUT2D eigenvalue weighted by Gasteiger charge is 2.25. The van der Waals surface area contributed by atoms with Crippen LogP contribution in [0.4, 0.5) is 11.5 Å². The third-order valence-corrected chi connectivity index (χ3v) is 3.24. The van der Waals surface area contributed by atoms with Gasteiger partial charge in [-0.05, 0) is 20.1 Å². The van der Waals surface area contributed by atoms with E-state index < -0.39 is 0 Å². The Balaban J connectivity index is 2.18. The van der Waals surface area contributed by atoms with E-state index in [1.807, 2.05) is 0 Å². The number of carbonyl (C=O) groups is 2. The van der Waals surface area contributed by atoms with Crippen LogP contribution in [0.25, 0.3) is 0 Å². The Morgan fingerprint density at radius 3 is 2.67 bits per heavy atom. The molecule has 0 atom stereocenters. The molecule has 0 spiro atoms. The average Bonchev–Trinajstić information content (AvgIpc) is 2.48. The van der Waals surface area contributed by atoms with Gasteiger partial charge in [0.1, 0.15) is 12.0 Å². The predicted octanol–water partition coefficient (Wildman–Crippen LogP) is 1.61.